The summed E-state index contributed by atoms with van der Waals surface area (Å²) in [5, 5.41) is 15.6. The van der Waals surface area contributed by atoms with E-state index in [1.165, 1.54) is 0 Å². The molecule has 1 aromatic heterocycles. The zero-order valence-corrected chi connectivity index (χ0v) is 9.79. The average molecular weight is 248 g/mol. The Morgan fingerprint density at radius 2 is 2.17 bits per heavy atom. The standard InChI is InChI=1S/C12H12N2O4/c1-2-8-5-3-4-6-9(8)17-7-10-13-14-11(18-10)12(15)16/h3-6H,2,7H2,1H3,(H,15,16). The van der Waals surface area contributed by atoms with Crippen LogP contribution in [0.15, 0.2) is 28.7 Å². The van der Waals surface area contributed by atoms with Crippen LogP contribution in [0.2, 0.25) is 0 Å². The molecule has 0 bridgehead atoms. The lowest BCUT2D eigenvalue weighted by Crippen LogP contribution is -1.98. The first kappa shape index (κ1) is 12.1. The van der Waals surface area contributed by atoms with Crippen LogP contribution in [0.25, 0.3) is 0 Å². The van der Waals surface area contributed by atoms with Crippen LogP contribution in [0.5, 0.6) is 5.75 Å². The van der Waals surface area contributed by atoms with E-state index in [0.29, 0.717) is 0 Å². The number of rotatable bonds is 5. The normalized spacial score (nSPS) is 10.3. The predicted octanol–water partition coefficient (Wildman–Crippen LogP) is 1.91. The van der Waals surface area contributed by atoms with Gasteiger partial charge in [0.1, 0.15) is 5.75 Å². The van der Waals surface area contributed by atoms with Crippen molar-refractivity contribution in [3.8, 4) is 5.75 Å². The van der Waals surface area contributed by atoms with Crippen molar-refractivity contribution in [3.05, 3.63) is 41.6 Å². The van der Waals surface area contributed by atoms with E-state index in [9.17, 15) is 4.79 Å². The first-order valence-corrected chi connectivity index (χ1v) is 5.47. The maximum Gasteiger partial charge on any atom is 0.393 e. The van der Waals surface area contributed by atoms with Crippen molar-refractivity contribution in [2.24, 2.45) is 0 Å². The molecule has 0 aliphatic rings. The number of hydrogen-bond acceptors (Lipinski definition) is 5. The Morgan fingerprint density at radius 3 is 2.83 bits per heavy atom. The molecule has 6 heteroatoms. The van der Waals surface area contributed by atoms with Gasteiger partial charge in [0.05, 0.1) is 0 Å². The van der Waals surface area contributed by atoms with E-state index in [-0.39, 0.29) is 12.5 Å². The van der Waals surface area contributed by atoms with Crippen LogP contribution in [0.4, 0.5) is 0 Å². The highest BCUT2D eigenvalue weighted by Crippen LogP contribution is 2.19. The fourth-order valence-electron chi connectivity index (χ4n) is 1.47. The Labute approximate surface area is 103 Å². The molecule has 94 valence electrons. The maximum atomic E-state index is 10.6. The lowest BCUT2D eigenvalue weighted by atomic mass is 10.1. The van der Waals surface area contributed by atoms with Crippen molar-refractivity contribution >= 4 is 5.97 Å². The summed E-state index contributed by atoms with van der Waals surface area (Å²) < 4.78 is 10.4. The molecule has 0 unspecified atom stereocenters. The van der Waals surface area contributed by atoms with Crippen LogP contribution < -0.4 is 4.74 Å². The van der Waals surface area contributed by atoms with Crippen LogP contribution in [0.3, 0.4) is 0 Å². The summed E-state index contributed by atoms with van der Waals surface area (Å²) in [5.41, 5.74) is 1.07. The second kappa shape index (κ2) is 5.31. The van der Waals surface area contributed by atoms with Crippen molar-refractivity contribution in [3.63, 3.8) is 0 Å². The zero-order valence-electron chi connectivity index (χ0n) is 9.79. The fourth-order valence-corrected chi connectivity index (χ4v) is 1.47. The lowest BCUT2D eigenvalue weighted by molar-refractivity contribution is 0.0649. The molecule has 0 aliphatic heterocycles. The van der Waals surface area contributed by atoms with Gasteiger partial charge in [-0.05, 0) is 18.1 Å². The molecule has 18 heavy (non-hydrogen) atoms. The molecule has 0 spiro atoms. The highest BCUT2D eigenvalue weighted by atomic mass is 16.5. The topological polar surface area (TPSA) is 85.5 Å². The third-order valence-corrected chi connectivity index (χ3v) is 2.35. The van der Waals surface area contributed by atoms with Crippen LogP contribution in [-0.2, 0) is 13.0 Å². The largest absolute Gasteiger partial charge is 0.484 e. The minimum absolute atomic E-state index is 0.0529. The fraction of sp³-hybridized carbons (Fsp3) is 0.250. The number of aromatic carboxylic acids is 1. The van der Waals surface area contributed by atoms with Crippen molar-refractivity contribution in [2.45, 2.75) is 20.0 Å². The van der Waals surface area contributed by atoms with Gasteiger partial charge in [-0.25, -0.2) is 4.79 Å². The monoisotopic (exact) mass is 248 g/mol. The summed E-state index contributed by atoms with van der Waals surface area (Å²) in [4.78, 5) is 10.6. The van der Waals surface area contributed by atoms with Gasteiger partial charge in [0.25, 0.3) is 5.89 Å². The summed E-state index contributed by atoms with van der Waals surface area (Å²) in [5.74, 6) is -0.812. The molecule has 1 heterocycles. The molecule has 6 nitrogen and oxygen atoms in total. The SMILES string of the molecule is CCc1ccccc1OCc1nnc(C(=O)O)o1. The molecule has 0 atom stereocenters. The smallest absolute Gasteiger partial charge is 0.393 e. The van der Waals surface area contributed by atoms with E-state index >= 15 is 0 Å². The Hall–Kier alpha value is -2.37. The van der Waals surface area contributed by atoms with E-state index in [1.54, 1.807) is 0 Å². The van der Waals surface area contributed by atoms with Gasteiger partial charge in [-0.2, -0.15) is 0 Å². The highest BCUT2D eigenvalue weighted by Gasteiger charge is 2.13. The molecule has 1 aromatic carbocycles. The van der Waals surface area contributed by atoms with Gasteiger partial charge in [0.2, 0.25) is 0 Å². The van der Waals surface area contributed by atoms with E-state index in [0.717, 1.165) is 17.7 Å². The molecular formula is C12H12N2O4. The third-order valence-electron chi connectivity index (χ3n) is 2.35. The Morgan fingerprint density at radius 1 is 1.39 bits per heavy atom. The zero-order chi connectivity index (χ0) is 13.0. The molecule has 2 rings (SSSR count). The molecule has 2 aromatic rings. The van der Waals surface area contributed by atoms with Gasteiger partial charge in [-0.1, -0.05) is 25.1 Å². The summed E-state index contributed by atoms with van der Waals surface area (Å²) >= 11 is 0. The second-order valence-corrected chi connectivity index (χ2v) is 3.56. The number of ether oxygens (including phenoxy) is 1. The van der Waals surface area contributed by atoms with E-state index < -0.39 is 11.9 Å². The van der Waals surface area contributed by atoms with Crippen molar-refractivity contribution in [2.75, 3.05) is 0 Å². The molecule has 1 N–H and O–H groups in total. The van der Waals surface area contributed by atoms with Crippen LogP contribution >= 0.6 is 0 Å². The van der Waals surface area contributed by atoms with Crippen molar-refractivity contribution in [1.82, 2.24) is 10.2 Å². The van der Waals surface area contributed by atoms with Gasteiger partial charge in [-0.3, -0.25) is 0 Å². The van der Waals surface area contributed by atoms with E-state index in [1.807, 2.05) is 31.2 Å². The number of carboxylic acid groups (broad SMARTS) is 1. The van der Waals surface area contributed by atoms with Gasteiger partial charge >= 0.3 is 11.9 Å². The quantitative estimate of drug-likeness (QED) is 0.869. The van der Waals surface area contributed by atoms with E-state index in [4.69, 9.17) is 14.3 Å². The summed E-state index contributed by atoms with van der Waals surface area (Å²) in [7, 11) is 0. The minimum atomic E-state index is -1.25. The minimum Gasteiger partial charge on any atom is -0.484 e. The summed E-state index contributed by atoms with van der Waals surface area (Å²) in [6.07, 6.45) is 0.848. The number of aromatic nitrogens is 2. The lowest BCUT2D eigenvalue weighted by Gasteiger charge is -2.07. The Balaban J connectivity index is 2.04. The first-order valence-electron chi connectivity index (χ1n) is 5.47. The summed E-state index contributed by atoms with van der Waals surface area (Å²) in [6.45, 7) is 2.08. The molecule has 0 saturated heterocycles. The van der Waals surface area contributed by atoms with Gasteiger partial charge in [-0.15, -0.1) is 10.2 Å². The summed E-state index contributed by atoms with van der Waals surface area (Å²) in [6, 6.07) is 7.60. The van der Waals surface area contributed by atoms with E-state index in [2.05, 4.69) is 10.2 Å². The maximum absolute atomic E-state index is 10.6. The van der Waals surface area contributed by atoms with Crippen molar-refractivity contribution < 1.29 is 19.1 Å². The predicted molar refractivity (Wildman–Crippen MR) is 61.4 cm³/mol. The van der Waals surface area contributed by atoms with Gasteiger partial charge < -0.3 is 14.3 Å². The number of carbonyl (C=O) groups is 1. The molecular weight excluding hydrogens is 236 g/mol. The van der Waals surface area contributed by atoms with Gasteiger partial charge in [0.15, 0.2) is 6.61 Å². The molecule has 0 saturated carbocycles. The molecule has 0 amide bonds. The molecule has 0 aliphatic carbocycles. The second-order valence-electron chi connectivity index (χ2n) is 3.56. The highest BCUT2D eigenvalue weighted by molar-refractivity contribution is 5.81. The Kier molecular flexibility index (Phi) is 3.57. The Bertz CT molecular complexity index is 551. The average Bonchev–Trinajstić information content (AvgIpc) is 2.85. The first-order chi connectivity index (χ1) is 8.70. The number of para-hydroxylation sites is 1. The van der Waals surface area contributed by atoms with Crippen LogP contribution in [-0.4, -0.2) is 21.3 Å². The van der Waals surface area contributed by atoms with Crippen LogP contribution in [0.1, 0.15) is 29.1 Å². The van der Waals surface area contributed by atoms with Gasteiger partial charge in [0, 0.05) is 0 Å². The molecule has 0 fully saturated rings. The number of hydrogen-bond donors (Lipinski definition) is 1. The number of benzene rings is 1. The van der Waals surface area contributed by atoms with Crippen LogP contribution in [0, 0.1) is 0 Å². The number of aryl methyl sites for hydroxylation is 1. The van der Waals surface area contributed by atoms with Crippen molar-refractivity contribution in [1.29, 1.82) is 0 Å². The molecule has 0 radical (unpaired) electrons. The number of nitrogens with zero attached hydrogens (tertiary/aromatic N) is 2. The number of carboxylic acids is 1. The third kappa shape index (κ3) is 2.65.